The maximum absolute atomic E-state index is 6.03. The fourth-order valence-electron chi connectivity index (χ4n) is 5.33. The molecule has 2 heteroatoms. The van der Waals surface area contributed by atoms with Crippen molar-refractivity contribution in [2.24, 2.45) is 16.9 Å². The summed E-state index contributed by atoms with van der Waals surface area (Å²) in [6, 6.07) is 21.9. The summed E-state index contributed by atoms with van der Waals surface area (Å²) in [5, 5.41) is 4.39. The Morgan fingerprint density at radius 3 is 1.74 bits per heavy atom. The number of benzene rings is 2. The zero-order chi connectivity index (χ0) is 19.9. The standard InChI is InChI=1S/C25H36N2/c1-6-23(27-26)25(8-3,22-17-13-10-14-18-22)24(7-2,19-20(4)5)21-15-11-9-12-16-21/h9-18,20H,6-8,19,26H2,1-5H3. The van der Waals surface area contributed by atoms with Gasteiger partial charge in [-0.15, -0.1) is 0 Å². The quantitative estimate of drug-likeness (QED) is 0.310. The largest absolute Gasteiger partial charge is 0.323 e. The lowest BCUT2D eigenvalue weighted by Gasteiger charge is -2.53. The van der Waals surface area contributed by atoms with Gasteiger partial charge in [0.25, 0.3) is 0 Å². The molecule has 0 fully saturated rings. The molecule has 27 heavy (non-hydrogen) atoms. The fraction of sp³-hybridized carbons (Fsp3) is 0.480. The van der Waals surface area contributed by atoms with Gasteiger partial charge >= 0.3 is 0 Å². The molecule has 0 heterocycles. The van der Waals surface area contributed by atoms with Crippen molar-refractivity contribution in [1.82, 2.24) is 0 Å². The molecule has 0 aliphatic rings. The summed E-state index contributed by atoms with van der Waals surface area (Å²) in [7, 11) is 0. The van der Waals surface area contributed by atoms with Gasteiger partial charge < -0.3 is 5.84 Å². The van der Waals surface area contributed by atoms with E-state index in [9.17, 15) is 0 Å². The van der Waals surface area contributed by atoms with Crippen molar-refractivity contribution < 1.29 is 0 Å². The van der Waals surface area contributed by atoms with E-state index in [-0.39, 0.29) is 10.8 Å². The lowest BCUT2D eigenvalue weighted by Crippen LogP contribution is -2.55. The number of hydrogen-bond acceptors (Lipinski definition) is 2. The van der Waals surface area contributed by atoms with Crippen molar-refractivity contribution in [3.8, 4) is 0 Å². The molecular formula is C25H36N2. The third-order valence-corrected chi connectivity index (χ3v) is 6.28. The number of hydrogen-bond donors (Lipinski definition) is 1. The third kappa shape index (κ3) is 3.67. The van der Waals surface area contributed by atoms with E-state index < -0.39 is 0 Å². The molecule has 0 aliphatic heterocycles. The van der Waals surface area contributed by atoms with Crippen LogP contribution >= 0.6 is 0 Å². The Hall–Kier alpha value is -2.09. The maximum Gasteiger partial charge on any atom is 0.0487 e. The second kappa shape index (κ2) is 9.21. The maximum atomic E-state index is 6.03. The lowest BCUT2D eigenvalue weighted by molar-refractivity contribution is 0.216. The average Bonchev–Trinajstić information content (AvgIpc) is 2.71. The summed E-state index contributed by atoms with van der Waals surface area (Å²) in [5.41, 5.74) is 3.53. The molecule has 2 atom stereocenters. The number of rotatable bonds is 9. The molecule has 0 bridgehead atoms. The van der Waals surface area contributed by atoms with E-state index in [1.807, 2.05) is 0 Å². The highest BCUT2D eigenvalue weighted by Gasteiger charge is 2.53. The van der Waals surface area contributed by atoms with Crippen LogP contribution in [-0.2, 0) is 10.8 Å². The van der Waals surface area contributed by atoms with E-state index in [0.717, 1.165) is 31.4 Å². The molecule has 146 valence electrons. The van der Waals surface area contributed by atoms with E-state index in [4.69, 9.17) is 5.84 Å². The molecule has 2 unspecified atom stereocenters. The van der Waals surface area contributed by atoms with Crippen LogP contribution in [0.3, 0.4) is 0 Å². The van der Waals surface area contributed by atoms with Crippen molar-refractivity contribution in [2.75, 3.05) is 0 Å². The van der Waals surface area contributed by atoms with E-state index in [2.05, 4.69) is 100 Å². The first-order valence-corrected chi connectivity index (χ1v) is 10.4. The first-order chi connectivity index (χ1) is 13.0. The van der Waals surface area contributed by atoms with Gasteiger partial charge in [-0.25, -0.2) is 0 Å². The van der Waals surface area contributed by atoms with Gasteiger partial charge in [0, 0.05) is 16.5 Å². The Labute approximate surface area is 165 Å². The Kier molecular flexibility index (Phi) is 7.24. The summed E-state index contributed by atoms with van der Waals surface area (Å²) in [6.45, 7) is 11.4. The number of nitrogens with two attached hydrogens (primary N) is 1. The molecular weight excluding hydrogens is 328 g/mol. The van der Waals surface area contributed by atoms with Crippen molar-refractivity contribution in [2.45, 2.75) is 71.1 Å². The van der Waals surface area contributed by atoms with E-state index >= 15 is 0 Å². The summed E-state index contributed by atoms with van der Waals surface area (Å²) in [6.07, 6.45) is 3.95. The second-order valence-electron chi connectivity index (χ2n) is 7.95. The van der Waals surface area contributed by atoms with Gasteiger partial charge in [-0.1, -0.05) is 95.3 Å². The highest BCUT2D eigenvalue weighted by molar-refractivity contribution is 5.96. The van der Waals surface area contributed by atoms with Gasteiger partial charge in [-0.2, -0.15) is 5.10 Å². The lowest BCUT2D eigenvalue weighted by atomic mass is 9.50. The minimum Gasteiger partial charge on any atom is -0.323 e. The molecule has 0 saturated carbocycles. The Bertz CT molecular complexity index is 721. The molecule has 2 aromatic rings. The van der Waals surface area contributed by atoms with Gasteiger partial charge in [0.2, 0.25) is 0 Å². The van der Waals surface area contributed by atoms with Crippen molar-refractivity contribution in [3.63, 3.8) is 0 Å². The van der Waals surface area contributed by atoms with E-state index in [1.165, 1.54) is 11.1 Å². The van der Waals surface area contributed by atoms with Crippen LogP contribution in [0.5, 0.6) is 0 Å². The zero-order valence-electron chi connectivity index (χ0n) is 17.7. The molecule has 0 saturated heterocycles. The van der Waals surface area contributed by atoms with Crippen LogP contribution in [0.15, 0.2) is 65.8 Å². The van der Waals surface area contributed by atoms with Crippen LogP contribution in [-0.4, -0.2) is 5.71 Å². The highest BCUT2D eigenvalue weighted by Crippen LogP contribution is 2.53. The van der Waals surface area contributed by atoms with E-state index in [1.54, 1.807) is 0 Å². The number of hydrazone groups is 1. The second-order valence-corrected chi connectivity index (χ2v) is 7.95. The SMILES string of the molecule is CCC(=NN)C(CC)(c1ccccc1)C(CC)(CC(C)C)c1ccccc1. The smallest absolute Gasteiger partial charge is 0.0487 e. The normalized spacial score (nSPS) is 16.7. The minimum atomic E-state index is -0.224. The van der Waals surface area contributed by atoms with Crippen molar-refractivity contribution in [3.05, 3.63) is 71.8 Å². The molecule has 0 aromatic heterocycles. The van der Waals surface area contributed by atoms with Crippen molar-refractivity contribution in [1.29, 1.82) is 0 Å². The number of nitrogens with zero attached hydrogens (tertiary/aromatic N) is 1. The molecule has 2 aromatic carbocycles. The molecule has 0 spiro atoms. The van der Waals surface area contributed by atoms with Crippen LogP contribution < -0.4 is 5.84 Å². The first kappa shape index (κ1) is 21.2. The minimum absolute atomic E-state index is 0.0628. The molecule has 2 rings (SSSR count). The van der Waals surface area contributed by atoms with Gasteiger partial charge in [0.15, 0.2) is 0 Å². The predicted molar refractivity (Wildman–Crippen MR) is 118 cm³/mol. The highest BCUT2D eigenvalue weighted by atomic mass is 15.1. The molecule has 0 amide bonds. The fourth-order valence-corrected chi connectivity index (χ4v) is 5.33. The Morgan fingerprint density at radius 2 is 1.37 bits per heavy atom. The van der Waals surface area contributed by atoms with Gasteiger partial charge in [0.1, 0.15) is 0 Å². The van der Waals surface area contributed by atoms with Crippen molar-refractivity contribution >= 4 is 5.71 Å². The Morgan fingerprint density at radius 1 is 0.852 bits per heavy atom. The van der Waals surface area contributed by atoms with E-state index in [0.29, 0.717) is 5.92 Å². The topological polar surface area (TPSA) is 38.4 Å². The zero-order valence-corrected chi connectivity index (χ0v) is 17.7. The van der Waals surface area contributed by atoms with Gasteiger partial charge in [-0.3, -0.25) is 0 Å². The van der Waals surface area contributed by atoms with Crippen LogP contribution in [0, 0.1) is 5.92 Å². The predicted octanol–water partition coefficient (Wildman–Crippen LogP) is 6.45. The Balaban J connectivity index is 2.94. The van der Waals surface area contributed by atoms with Gasteiger partial charge in [0.05, 0.1) is 0 Å². The third-order valence-electron chi connectivity index (χ3n) is 6.28. The molecule has 0 aliphatic carbocycles. The molecule has 0 radical (unpaired) electrons. The summed E-state index contributed by atoms with van der Waals surface area (Å²) in [4.78, 5) is 0. The van der Waals surface area contributed by atoms with Crippen LogP contribution in [0.25, 0.3) is 0 Å². The summed E-state index contributed by atoms with van der Waals surface area (Å²) in [5.74, 6) is 6.60. The van der Waals surface area contributed by atoms with Crippen LogP contribution in [0.1, 0.15) is 71.4 Å². The summed E-state index contributed by atoms with van der Waals surface area (Å²) < 4.78 is 0. The average molecular weight is 365 g/mol. The molecule has 2 nitrogen and oxygen atoms in total. The summed E-state index contributed by atoms with van der Waals surface area (Å²) >= 11 is 0. The van der Waals surface area contributed by atoms with Crippen LogP contribution in [0.4, 0.5) is 0 Å². The monoisotopic (exact) mass is 364 g/mol. The first-order valence-electron chi connectivity index (χ1n) is 10.4. The van der Waals surface area contributed by atoms with Crippen LogP contribution in [0.2, 0.25) is 0 Å². The van der Waals surface area contributed by atoms with Gasteiger partial charge in [-0.05, 0) is 42.7 Å². The molecule has 2 N–H and O–H groups in total.